The van der Waals surface area contributed by atoms with Gasteiger partial charge in [-0.05, 0) is 61.9 Å². The monoisotopic (exact) mass is 533 g/mol. The van der Waals surface area contributed by atoms with E-state index in [1.807, 2.05) is 0 Å². The average Bonchev–Trinajstić information content (AvgIpc) is 2.83. The lowest BCUT2D eigenvalue weighted by atomic mass is 10.0. The number of aromatic nitrogens is 2. The fourth-order valence-corrected chi connectivity index (χ4v) is 3.37. The van der Waals surface area contributed by atoms with Crippen molar-refractivity contribution in [2.24, 2.45) is 5.92 Å². The summed E-state index contributed by atoms with van der Waals surface area (Å²) in [5, 5.41) is 2.80. The Labute approximate surface area is 217 Å². The minimum Gasteiger partial charge on any atom is -0.468 e. The molecule has 1 atom stereocenters. The van der Waals surface area contributed by atoms with Crippen molar-refractivity contribution < 1.29 is 36.6 Å². The van der Waals surface area contributed by atoms with Gasteiger partial charge in [-0.1, -0.05) is 13.8 Å². The van der Waals surface area contributed by atoms with Crippen LogP contribution in [0.5, 0.6) is 17.5 Å². The first-order chi connectivity index (χ1) is 17.8. The SMILES string of the molecule is Cc1cc(C(C)NC(=O)c2ccc(OCC(F)(F)F)nc2Oc2ccc(F)cc2)cc(CC(=O)C(C)C)n1. The Balaban J connectivity index is 1.85. The predicted octanol–water partition coefficient (Wildman–Crippen LogP) is 5.92. The minimum absolute atomic E-state index is 0.0345. The highest BCUT2D eigenvalue weighted by Crippen LogP contribution is 2.28. The number of ketones is 1. The molecule has 3 rings (SSSR count). The molecule has 0 spiro atoms. The Hall–Kier alpha value is -4.02. The van der Waals surface area contributed by atoms with E-state index in [0.717, 1.165) is 18.2 Å². The second kappa shape index (κ2) is 12.0. The molecule has 38 heavy (non-hydrogen) atoms. The van der Waals surface area contributed by atoms with E-state index in [1.54, 1.807) is 39.8 Å². The van der Waals surface area contributed by atoms with E-state index in [1.165, 1.54) is 18.2 Å². The average molecular weight is 534 g/mol. The number of nitrogens with zero attached hydrogens (tertiary/aromatic N) is 2. The summed E-state index contributed by atoms with van der Waals surface area (Å²) in [7, 11) is 0. The van der Waals surface area contributed by atoms with E-state index in [4.69, 9.17) is 4.74 Å². The van der Waals surface area contributed by atoms with Crippen LogP contribution in [0.4, 0.5) is 17.6 Å². The van der Waals surface area contributed by atoms with Gasteiger partial charge in [0.1, 0.15) is 22.9 Å². The van der Waals surface area contributed by atoms with Crippen LogP contribution in [0, 0.1) is 18.7 Å². The summed E-state index contributed by atoms with van der Waals surface area (Å²) < 4.78 is 61.4. The molecule has 1 aromatic carbocycles. The molecule has 202 valence electrons. The molecular formula is C27H27F4N3O4. The maximum absolute atomic E-state index is 13.3. The Morgan fingerprint density at radius 2 is 1.68 bits per heavy atom. The highest BCUT2D eigenvalue weighted by molar-refractivity contribution is 5.96. The fourth-order valence-electron chi connectivity index (χ4n) is 3.37. The zero-order valence-electron chi connectivity index (χ0n) is 21.2. The molecule has 7 nitrogen and oxygen atoms in total. The first-order valence-corrected chi connectivity index (χ1v) is 11.8. The van der Waals surface area contributed by atoms with Gasteiger partial charge in [-0.3, -0.25) is 14.6 Å². The van der Waals surface area contributed by atoms with Gasteiger partial charge in [0.15, 0.2) is 6.61 Å². The molecule has 0 saturated heterocycles. The number of hydrogen-bond acceptors (Lipinski definition) is 6. The third-order valence-corrected chi connectivity index (χ3v) is 5.37. The minimum atomic E-state index is -4.59. The second-order valence-electron chi connectivity index (χ2n) is 8.99. The van der Waals surface area contributed by atoms with Gasteiger partial charge in [0.2, 0.25) is 11.8 Å². The van der Waals surface area contributed by atoms with E-state index in [-0.39, 0.29) is 35.3 Å². The Morgan fingerprint density at radius 1 is 1.00 bits per heavy atom. The number of hydrogen-bond donors (Lipinski definition) is 1. The second-order valence-corrected chi connectivity index (χ2v) is 8.99. The molecule has 1 unspecified atom stereocenters. The van der Waals surface area contributed by atoms with Gasteiger partial charge in [0.25, 0.3) is 5.91 Å². The van der Waals surface area contributed by atoms with Crippen LogP contribution in [-0.2, 0) is 11.2 Å². The number of Topliss-reactive ketones (excluding diaryl/α,β-unsaturated/α-hetero) is 1. The number of carbonyl (C=O) groups excluding carboxylic acids is 2. The van der Waals surface area contributed by atoms with Crippen molar-refractivity contribution in [1.82, 2.24) is 15.3 Å². The van der Waals surface area contributed by atoms with E-state index in [0.29, 0.717) is 17.0 Å². The first kappa shape index (κ1) is 28.5. The smallest absolute Gasteiger partial charge is 0.422 e. The van der Waals surface area contributed by atoms with Crippen molar-refractivity contribution >= 4 is 11.7 Å². The fraction of sp³-hybridized carbons (Fsp3) is 0.333. The molecule has 0 aliphatic carbocycles. The Kier molecular flexibility index (Phi) is 9.03. The van der Waals surface area contributed by atoms with Crippen molar-refractivity contribution in [3.05, 3.63) is 76.9 Å². The van der Waals surface area contributed by atoms with Gasteiger partial charge in [-0.2, -0.15) is 18.2 Å². The molecule has 0 fully saturated rings. The molecule has 0 radical (unpaired) electrons. The van der Waals surface area contributed by atoms with Crippen LogP contribution in [0.15, 0.2) is 48.5 Å². The molecule has 1 amide bonds. The summed E-state index contributed by atoms with van der Waals surface area (Å²) in [5.74, 6) is -1.89. The topological polar surface area (TPSA) is 90.4 Å². The molecule has 0 aliphatic heterocycles. The molecule has 1 N–H and O–H groups in total. The van der Waals surface area contributed by atoms with Crippen LogP contribution < -0.4 is 14.8 Å². The van der Waals surface area contributed by atoms with Crippen LogP contribution in [0.1, 0.15) is 54.1 Å². The van der Waals surface area contributed by atoms with Crippen molar-refractivity contribution in [3.8, 4) is 17.5 Å². The highest BCUT2D eigenvalue weighted by Gasteiger charge is 2.29. The lowest BCUT2D eigenvalue weighted by Gasteiger charge is -2.18. The number of alkyl halides is 3. The van der Waals surface area contributed by atoms with E-state index >= 15 is 0 Å². The number of nitrogens with one attached hydrogen (secondary N) is 1. The van der Waals surface area contributed by atoms with Crippen LogP contribution in [0.3, 0.4) is 0 Å². The largest absolute Gasteiger partial charge is 0.468 e. The standard InChI is InChI=1S/C27H27F4N3O4/c1-15(2)23(35)13-20-12-18(11-16(3)32-20)17(4)33-25(36)22-9-10-24(37-14-27(29,30)31)34-26(22)38-21-7-5-19(28)6-8-21/h5-12,15,17H,13-14H2,1-4H3,(H,33,36). The number of amides is 1. The number of halogens is 4. The normalized spacial score (nSPS) is 12.2. The number of ether oxygens (including phenoxy) is 2. The third kappa shape index (κ3) is 8.25. The maximum Gasteiger partial charge on any atom is 0.422 e. The number of aryl methyl sites for hydroxylation is 1. The number of carbonyl (C=O) groups is 2. The van der Waals surface area contributed by atoms with Gasteiger partial charge < -0.3 is 14.8 Å². The summed E-state index contributed by atoms with van der Waals surface area (Å²) in [6.07, 6.45) is -4.43. The van der Waals surface area contributed by atoms with E-state index in [9.17, 15) is 27.2 Å². The van der Waals surface area contributed by atoms with Gasteiger partial charge in [0.05, 0.1) is 6.04 Å². The highest BCUT2D eigenvalue weighted by atomic mass is 19.4. The summed E-state index contributed by atoms with van der Waals surface area (Å²) >= 11 is 0. The molecule has 0 saturated carbocycles. The number of pyridine rings is 2. The predicted molar refractivity (Wildman–Crippen MR) is 131 cm³/mol. The van der Waals surface area contributed by atoms with Crippen LogP contribution in [0.25, 0.3) is 0 Å². The zero-order valence-corrected chi connectivity index (χ0v) is 21.2. The Morgan fingerprint density at radius 3 is 2.32 bits per heavy atom. The maximum atomic E-state index is 13.3. The molecule has 2 aromatic heterocycles. The summed E-state index contributed by atoms with van der Waals surface area (Å²) in [5.41, 5.74) is 1.87. The van der Waals surface area contributed by atoms with Crippen molar-refractivity contribution in [3.63, 3.8) is 0 Å². The van der Waals surface area contributed by atoms with Crippen molar-refractivity contribution in [2.75, 3.05) is 6.61 Å². The zero-order chi connectivity index (χ0) is 28.0. The van der Waals surface area contributed by atoms with Gasteiger partial charge in [-0.15, -0.1) is 0 Å². The van der Waals surface area contributed by atoms with Gasteiger partial charge in [-0.25, -0.2) is 4.39 Å². The third-order valence-electron chi connectivity index (χ3n) is 5.37. The van der Waals surface area contributed by atoms with Crippen molar-refractivity contribution in [1.29, 1.82) is 0 Å². The van der Waals surface area contributed by atoms with Crippen molar-refractivity contribution in [2.45, 2.75) is 46.3 Å². The summed E-state index contributed by atoms with van der Waals surface area (Å²) in [6.45, 7) is 5.54. The quantitative estimate of drug-likeness (QED) is 0.326. The number of benzene rings is 1. The van der Waals surface area contributed by atoms with Gasteiger partial charge >= 0.3 is 6.18 Å². The van der Waals surface area contributed by atoms with Gasteiger partial charge in [0, 0.05) is 29.8 Å². The van der Waals surface area contributed by atoms with E-state index < -0.39 is 36.4 Å². The van der Waals surface area contributed by atoms with E-state index in [2.05, 4.69) is 20.0 Å². The lowest BCUT2D eigenvalue weighted by Crippen LogP contribution is -2.27. The molecule has 0 bridgehead atoms. The summed E-state index contributed by atoms with van der Waals surface area (Å²) in [4.78, 5) is 33.7. The molecular weight excluding hydrogens is 506 g/mol. The molecule has 2 heterocycles. The molecule has 11 heteroatoms. The van der Waals surface area contributed by atoms with Crippen LogP contribution in [0.2, 0.25) is 0 Å². The molecule has 3 aromatic rings. The first-order valence-electron chi connectivity index (χ1n) is 11.8. The lowest BCUT2D eigenvalue weighted by molar-refractivity contribution is -0.154. The van der Waals surface area contributed by atoms with Crippen LogP contribution in [-0.4, -0.2) is 34.4 Å². The number of rotatable bonds is 10. The van der Waals surface area contributed by atoms with Crippen LogP contribution >= 0.6 is 0 Å². The Bertz CT molecular complexity index is 1290. The summed E-state index contributed by atoms with van der Waals surface area (Å²) in [6, 6.07) is 10.1. The molecule has 0 aliphatic rings.